The Hall–Kier alpha value is -1.75. The van der Waals surface area contributed by atoms with Crippen LogP contribution in [0.3, 0.4) is 0 Å². The first-order valence-electron chi connectivity index (χ1n) is 8.36. The van der Waals surface area contributed by atoms with Crippen molar-refractivity contribution in [1.82, 2.24) is 4.90 Å². The third-order valence-electron chi connectivity index (χ3n) is 5.08. The molecule has 0 radical (unpaired) electrons. The predicted molar refractivity (Wildman–Crippen MR) is 94.5 cm³/mol. The summed E-state index contributed by atoms with van der Waals surface area (Å²) in [5, 5.41) is 11.1. The van der Waals surface area contributed by atoms with Gasteiger partial charge < -0.3 is 5.11 Å². The zero-order valence-corrected chi connectivity index (χ0v) is 14.4. The van der Waals surface area contributed by atoms with Crippen LogP contribution in [0.1, 0.15) is 29.2 Å². The Bertz CT molecular complexity index is 865. The van der Waals surface area contributed by atoms with Crippen LogP contribution in [0, 0.1) is 11.6 Å². The smallest absolute Gasteiger partial charge is 0.159 e. The average molecular weight is 362 g/mol. The molecule has 2 aliphatic rings. The number of fused-ring (bicyclic) bond motifs is 2. The number of nitrogens with zero attached hydrogens (tertiary/aromatic N) is 1. The highest BCUT2D eigenvalue weighted by Gasteiger charge is 2.28. The quantitative estimate of drug-likeness (QED) is 0.877. The molecule has 0 amide bonds. The number of halogens is 3. The highest BCUT2D eigenvalue weighted by molar-refractivity contribution is 6.30. The van der Waals surface area contributed by atoms with Gasteiger partial charge in [0.15, 0.2) is 11.6 Å². The van der Waals surface area contributed by atoms with Gasteiger partial charge in [-0.15, -0.1) is 0 Å². The normalized spacial score (nSPS) is 18.2. The molecule has 1 heterocycles. The summed E-state index contributed by atoms with van der Waals surface area (Å²) in [7, 11) is 0. The van der Waals surface area contributed by atoms with Gasteiger partial charge in [0, 0.05) is 24.7 Å². The predicted octanol–water partition coefficient (Wildman–Crippen LogP) is 4.37. The summed E-state index contributed by atoms with van der Waals surface area (Å²) in [6, 6.07) is 9.60. The summed E-state index contributed by atoms with van der Waals surface area (Å²) < 4.78 is 26.4. The van der Waals surface area contributed by atoms with Crippen LogP contribution in [0.2, 0.25) is 5.02 Å². The van der Waals surface area contributed by atoms with Gasteiger partial charge in [-0.05, 0) is 64.9 Å². The molecule has 0 bridgehead atoms. The van der Waals surface area contributed by atoms with Crippen LogP contribution < -0.4 is 0 Å². The van der Waals surface area contributed by atoms with Crippen molar-refractivity contribution >= 4 is 17.2 Å². The van der Waals surface area contributed by atoms with E-state index in [1.807, 2.05) is 12.1 Å². The first-order chi connectivity index (χ1) is 12.0. The fourth-order valence-electron chi connectivity index (χ4n) is 3.82. The molecule has 1 aliphatic carbocycles. The molecular weight excluding hydrogens is 344 g/mol. The van der Waals surface area contributed by atoms with Crippen LogP contribution in [-0.2, 0) is 6.42 Å². The lowest BCUT2D eigenvalue weighted by Crippen LogP contribution is -2.34. The molecule has 0 aromatic heterocycles. The van der Waals surface area contributed by atoms with Gasteiger partial charge in [-0.2, -0.15) is 0 Å². The SMILES string of the molecule is OC(CN1CCC2=C(Cc3ccc(Cl)cc32)C1)c1ccc(F)c(F)c1. The van der Waals surface area contributed by atoms with Gasteiger partial charge in [0.25, 0.3) is 0 Å². The van der Waals surface area contributed by atoms with Gasteiger partial charge >= 0.3 is 0 Å². The van der Waals surface area contributed by atoms with E-state index < -0.39 is 17.7 Å². The Labute approximate surface area is 150 Å². The molecule has 1 aliphatic heterocycles. The van der Waals surface area contributed by atoms with Crippen molar-refractivity contribution in [3.63, 3.8) is 0 Å². The van der Waals surface area contributed by atoms with Gasteiger partial charge in [0.05, 0.1) is 6.10 Å². The highest BCUT2D eigenvalue weighted by Crippen LogP contribution is 2.39. The Morgan fingerprint density at radius 2 is 1.96 bits per heavy atom. The van der Waals surface area contributed by atoms with Crippen LogP contribution in [0.15, 0.2) is 42.0 Å². The maximum Gasteiger partial charge on any atom is 0.159 e. The maximum absolute atomic E-state index is 13.4. The number of aliphatic hydroxyl groups is 1. The van der Waals surface area contributed by atoms with Crippen molar-refractivity contribution in [3.8, 4) is 0 Å². The monoisotopic (exact) mass is 361 g/mol. The molecule has 2 nitrogen and oxygen atoms in total. The van der Waals surface area contributed by atoms with E-state index in [9.17, 15) is 13.9 Å². The number of rotatable bonds is 3. The lowest BCUT2D eigenvalue weighted by atomic mass is 9.98. The summed E-state index contributed by atoms with van der Waals surface area (Å²) in [5.41, 5.74) is 5.69. The summed E-state index contributed by atoms with van der Waals surface area (Å²) in [6.45, 7) is 2.01. The molecule has 1 atom stereocenters. The molecule has 25 heavy (non-hydrogen) atoms. The van der Waals surface area contributed by atoms with Crippen molar-refractivity contribution < 1.29 is 13.9 Å². The minimum atomic E-state index is -0.927. The second-order valence-electron chi connectivity index (χ2n) is 6.73. The van der Waals surface area contributed by atoms with Crippen molar-refractivity contribution in [1.29, 1.82) is 0 Å². The Kier molecular flexibility index (Phi) is 4.36. The van der Waals surface area contributed by atoms with E-state index in [1.165, 1.54) is 28.3 Å². The fourth-order valence-corrected chi connectivity index (χ4v) is 3.99. The lowest BCUT2D eigenvalue weighted by molar-refractivity contribution is 0.117. The summed E-state index contributed by atoms with van der Waals surface area (Å²) in [6.07, 6.45) is 0.989. The standard InChI is InChI=1S/C20H18ClF2NO/c21-15-3-1-12-7-14-10-24(6-5-16(14)17(12)9-15)11-20(25)13-2-4-18(22)19(23)8-13/h1-4,8-9,20,25H,5-7,10-11H2. The number of hydrogen-bond acceptors (Lipinski definition) is 2. The molecule has 0 saturated carbocycles. The Morgan fingerprint density at radius 3 is 2.76 bits per heavy atom. The van der Waals surface area contributed by atoms with E-state index in [0.29, 0.717) is 12.1 Å². The lowest BCUT2D eigenvalue weighted by Gasteiger charge is -2.30. The van der Waals surface area contributed by atoms with E-state index in [1.54, 1.807) is 0 Å². The topological polar surface area (TPSA) is 23.5 Å². The number of aliphatic hydroxyl groups excluding tert-OH is 1. The zero-order valence-electron chi connectivity index (χ0n) is 13.6. The molecule has 2 aromatic rings. The van der Waals surface area contributed by atoms with Crippen molar-refractivity contribution in [3.05, 3.63) is 75.3 Å². The molecular formula is C20H18ClF2NO. The maximum atomic E-state index is 13.4. The summed E-state index contributed by atoms with van der Waals surface area (Å²) in [5.74, 6) is -1.82. The van der Waals surface area contributed by atoms with Crippen LogP contribution in [0.5, 0.6) is 0 Å². The first kappa shape index (κ1) is 16.7. The number of benzene rings is 2. The highest BCUT2D eigenvalue weighted by atomic mass is 35.5. The molecule has 4 rings (SSSR count). The molecule has 2 aromatic carbocycles. The minimum Gasteiger partial charge on any atom is -0.387 e. The van der Waals surface area contributed by atoms with E-state index in [4.69, 9.17) is 11.6 Å². The van der Waals surface area contributed by atoms with Gasteiger partial charge in [-0.1, -0.05) is 23.7 Å². The van der Waals surface area contributed by atoms with Crippen LogP contribution in [0.4, 0.5) is 8.78 Å². The third-order valence-corrected chi connectivity index (χ3v) is 5.31. The van der Waals surface area contributed by atoms with E-state index >= 15 is 0 Å². The van der Waals surface area contributed by atoms with E-state index in [0.717, 1.165) is 43.1 Å². The molecule has 5 heteroatoms. The molecule has 1 N–H and O–H groups in total. The van der Waals surface area contributed by atoms with Crippen molar-refractivity contribution in [2.24, 2.45) is 0 Å². The van der Waals surface area contributed by atoms with Crippen molar-refractivity contribution in [2.75, 3.05) is 19.6 Å². The van der Waals surface area contributed by atoms with Crippen LogP contribution in [0.25, 0.3) is 5.57 Å². The van der Waals surface area contributed by atoms with E-state index in [2.05, 4.69) is 11.0 Å². The molecule has 0 fully saturated rings. The molecule has 130 valence electrons. The fraction of sp³-hybridized carbons (Fsp3) is 0.300. The van der Waals surface area contributed by atoms with Gasteiger partial charge in [0.2, 0.25) is 0 Å². The third kappa shape index (κ3) is 3.22. The van der Waals surface area contributed by atoms with Crippen LogP contribution >= 0.6 is 11.6 Å². The largest absolute Gasteiger partial charge is 0.387 e. The van der Waals surface area contributed by atoms with Gasteiger partial charge in [-0.25, -0.2) is 8.78 Å². The van der Waals surface area contributed by atoms with Crippen LogP contribution in [-0.4, -0.2) is 29.6 Å². The summed E-state index contributed by atoms with van der Waals surface area (Å²) in [4.78, 5) is 2.16. The Morgan fingerprint density at radius 1 is 1.12 bits per heavy atom. The van der Waals surface area contributed by atoms with Crippen molar-refractivity contribution in [2.45, 2.75) is 18.9 Å². The number of β-amino-alcohol motifs (C(OH)–C–C–N with tert-alkyl or cyclic N) is 1. The number of hydrogen-bond donors (Lipinski definition) is 1. The molecule has 0 saturated heterocycles. The van der Waals surface area contributed by atoms with Gasteiger partial charge in [0.1, 0.15) is 0 Å². The first-order valence-corrected chi connectivity index (χ1v) is 8.74. The minimum absolute atomic E-state index is 0.402. The summed E-state index contributed by atoms with van der Waals surface area (Å²) >= 11 is 6.12. The molecule has 0 spiro atoms. The molecule has 1 unspecified atom stereocenters. The Balaban J connectivity index is 1.47. The zero-order chi connectivity index (χ0) is 17.6. The second kappa shape index (κ2) is 6.52. The van der Waals surface area contributed by atoms with E-state index in [-0.39, 0.29) is 0 Å². The average Bonchev–Trinajstić information content (AvgIpc) is 2.94. The van der Waals surface area contributed by atoms with Gasteiger partial charge in [-0.3, -0.25) is 4.90 Å². The second-order valence-corrected chi connectivity index (χ2v) is 7.17.